The summed E-state index contributed by atoms with van der Waals surface area (Å²) >= 11 is 7.61. The summed E-state index contributed by atoms with van der Waals surface area (Å²) in [6.07, 6.45) is 2.32. The lowest BCUT2D eigenvalue weighted by Gasteiger charge is -2.35. The Labute approximate surface area is 168 Å². The van der Waals surface area contributed by atoms with Gasteiger partial charge in [0.2, 0.25) is 15.9 Å². The molecule has 0 aliphatic carbocycles. The number of carbonyl (C=O) groups is 1. The Morgan fingerprint density at radius 2 is 1.93 bits per heavy atom. The van der Waals surface area contributed by atoms with Crippen LogP contribution in [0.25, 0.3) is 0 Å². The first-order valence-electron chi connectivity index (χ1n) is 9.05. The molecule has 0 N–H and O–H groups in total. The molecule has 27 heavy (non-hydrogen) atoms. The molecule has 144 valence electrons. The monoisotopic (exact) mass is 424 g/mol. The van der Waals surface area contributed by atoms with E-state index in [1.54, 1.807) is 23.5 Å². The van der Waals surface area contributed by atoms with Gasteiger partial charge in [-0.3, -0.25) is 4.79 Å². The van der Waals surface area contributed by atoms with Crippen molar-refractivity contribution in [3.8, 4) is 0 Å². The zero-order chi connectivity index (χ0) is 19.0. The van der Waals surface area contributed by atoms with Crippen LogP contribution in [0, 0.1) is 5.92 Å². The van der Waals surface area contributed by atoms with Gasteiger partial charge in [0, 0.05) is 36.1 Å². The summed E-state index contributed by atoms with van der Waals surface area (Å²) in [6, 6.07) is 8.27. The number of halogens is 1. The van der Waals surface area contributed by atoms with Crippen molar-refractivity contribution in [1.82, 2.24) is 9.21 Å². The fourth-order valence-electron chi connectivity index (χ4n) is 3.81. The highest BCUT2D eigenvalue weighted by atomic mass is 35.5. The highest BCUT2D eigenvalue weighted by Crippen LogP contribution is 2.29. The van der Waals surface area contributed by atoms with Crippen molar-refractivity contribution < 1.29 is 13.2 Å². The van der Waals surface area contributed by atoms with Gasteiger partial charge < -0.3 is 4.90 Å². The van der Waals surface area contributed by atoms with Crippen LogP contribution in [0.15, 0.2) is 40.6 Å². The summed E-state index contributed by atoms with van der Waals surface area (Å²) in [5, 5.41) is 2.57. The zero-order valence-electron chi connectivity index (χ0n) is 14.8. The summed E-state index contributed by atoms with van der Waals surface area (Å²) in [5.41, 5.74) is 1.22. The SMILES string of the molecule is O=C(C1CCCN(S(=O)(=O)c2ccc(Cl)cc2)C1)N1CCc2sccc2C1. The number of sulfonamides is 1. The summed E-state index contributed by atoms with van der Waals surface area (Å²) in [5.74, 6) is -0.205. The van der Waals surface area contributed by atoms with Gasteiger partial charge in [-0.15, -0.1) is 11.3 Å². The van der Waals surface area contributed by atoms with Crippen LogP contribution in [-0.4, -0.2) is 43.2 Å². The van der Waals surface area contributed by atoms with Crippen molar-refractivity contribution in [2.24, 2.45) is 5.92 Å². The van der Waals surface area contributed by atoms with Crippen molar-refractivity contribution in [3.05, 3.63) is 51.2 Å². The number of amides is 1. The van der Waals surface area contributed by atoms with Gasteiger partial charge in [0.15, 0.2) is 0 Å². The van der Waals surface area contributed by atoms with Crippen molar-refractivity contribution in [3.63, 3.8) is 0 Å². The molecule has 1 aromatic heterocycles. The van der Waals surface area contributed by atoms with Crippen LogP contribution < -0.4 is 0 Å². The molecule has 1 aromatic carbocycles. The van der Waals surface area contributed by atoms with Crippen LogP contribution >= 0.6 is 22.9 Å². The van der Waals surface area contributed by atoms with Crippen LogP contribution in [-0.2, 0) is 27.8 Å². The Balaban J connectivity index is 1.48. The normalized spacial score (nSPS) is 21.1. The molecule has 0 radical (unpaired) electrons. The largest absolute Gasteiger partial charge is 0.338 e. The Morgan fingerprint density at radius 3 is 2.70 bits per heavy atom. The highest BCUT2D eigenvalue weighted by molar-refractivity contribution is 7.89. The van der Waals surface area contributed by atoms with E-state index in [2.05, 4.69) is 11.4 Å². The van der Waals surface area contributed by atoms with Crippen molar-refractivity contribution in [2.45, 2.75) is 30.7 Å². The fraction of sp³-hybridized carbons (Fsp3) is 0.421. The number of thiophene rings is 1. The quantitative estimate of drug-likeness (QED) is 0.758. The van der Waals surface area contributed by atoms with E-state index in [9.17, 15) is 13.2 Å². The molecule has 3 heterocycles. The molecule has 5 nitrogen and oxygen atoms in total. The van der Waals surface area contributed by atoms with Crippen LogP contribution in [0.3, 0.4) is 0 Å². The average Bonchev–Trinajstić information content (AvgIpc) is 3.15. The standard InChI is InChI=1S/C19H21ClN2O3S2/c20-16-3-5-17(6-4-16)27(24,25)22-9-1-2-15(13-22)19(23)21-10-7-18-14(12-21)8-11-26-18/h3-6,8,11,15H,1-2,7,9-10,12-13H2. The molecule has 1 unspecified atom stereocenters. The van der Waals surface area contributed by atoms with Gasteiger partial charge in [-0.2, -0.15) is 4.31 Å². The molecule has 1 amide bonds. The second-order valence-corrected chi connectivity index (χ2v) is 10.4. The van der Waals surface area contributed by atoms with Gasteiger partial charge in [-0.25, -0.2) is 8.42 Å². The molecule has 0 saturated carbocycles. The molecule has 1 saturated heterocycles. The predicted octanol–water partition coefficient (Wildman–Crippen LogP) is 3.39. The molecule has 8 heteroatoms. The van der Waals surface area contributed by atoms with Crippen molar-refractivity contribution in [1.29, 1.82) is 0 Å². The van der Waals surface area contributed by atoms with Crippen LogP contribution in [0.5, 0.6) is 0 Å². The number of hydrogen-bond donors (Lipinski definition) is 0. The van der Waals surface area contributed by atoms with E-state index in [0.717, 1.165) is 12.8 Å². The lowest BCUT2D eigenvalue weighted by atomic mass is 9.97. The van der Waals surface area contributed by atoms with Crippen LogP contribution in [0.4, 0.5) is 0 Å². The fourth-order valence-corrected chi connectivity index (χ4v) is 6.35. The van der Waals surface area contributed by atoms with Crippen LogP contribution in [0.1, 0.15) is 23.3 Å². The second kappa shape index (κ2) is 7.54. The predicted molar refractivity (Wildman–Crippen MR) is 106 cm³/mol. The van der Waals surface area contributed by atoms with E-state index in [1.807, 2.05) is 4.90 Å². The second-order valence-electron chi connectivity index (χ2n) is 7.03. The third kappa shape index (κ3) is 3.78. The van der Waals surface area contributed by atoms with Crippen LogP contribution in [0.2, 0.25) is 5.02 Å². The Hall–Kier alpha value is -1.41. The lowest BCUT2D eigenvalue weighted by Crippen LogP contribution is -2.47. The van der Waals surface area contributed by atoms with Gasteiger partial charge in [0.1, 0.15) is 0 Å². The van der Waals surface area contributed by atoms with Gasteiger partial charge in [-0.1, -0.05) is 11.6 Å². The number of nitrogens with zero attached hydrogens (tertiary/aromatic N) is 2. The van der Waals surface area contributed by atoms with E-state index >= 15 is 0 Å². The molecule has 2 aliphatic rings. The van der Waals surface area contributed by atoms with E-state index < -0.39 is 10.0 Å². The molecule has 2 aliphatic heterocycles. The van der Waals surface area contributed by atoms with E-state index in [1.165, 1.54) is 26.9 Å². The highest BCUT2D eigenvalue weighted by Gasteiger charge is 2.35. The first kappa shape index (κ1) is 18.9. The third-order valence-corrected chi connectivity index (χ3v) is 8.46. The maximum Gasteiger partial charge on any atom is 0.243 e. The lowest BCUT2D eigenvalue weighted by molar-refractivity contribution is -0.137. The number of benzene rings is 1. The van der Waals surface area contributed by atoms with Gasteiger partial charge in [0.05, 0.1) is 10.8 Å². The third-order valence-electron chi connectivity index (χ3n) is 5.30. The Morgan fingerprint density at radius 1 is 1.15 bits per heavy atom. The number of rotatable bonds is 3. The minimum atomic E-state index is -3.61. The number of piperidine rings is 1. The summed E-state index contributed by atoms with van der Waals surface area (Å²) in [7, 11) is -3.61. The topological polar surface area (TPSA) is 57.7 Å². The molecule has 1 fully saturated rings. The first-order chi connectivity index (χ1) is 12.9. The van der Waals surface area contributed by atoms with Crippen molar-refractivity contribution in [2.75, 3.05) is 19.6 Å². The maximum absolute atomic E-state index is 13.0. The molecular formula is C19H21ClN2O3S2. The number of carbonyl (C=O) groups excluding carboxylic acids is 1. The Kier molecular flexibility index (Phi) is 5.29. The number of hydrogen-bond acceptors (Lipinski definition) is 4. The van der Waals surface area contributed by atoms with E-state index in [-0.39, 0.29) is 23.3 Å². The zero-order valence-corrected chi connectivity index (χ0v) is 17.2. The maximum atomic E-state index is 13.0. The van der Waals surface area contributed by atoms with Gasteiger partial charge >= 0.3 is 0 Å². The molecule has 0 spiro atoms. The van der Waals surface area contributed by atoms with E-state index in [0.29, 0.717) is 31.1 Å². The minimum absolute atomic E-state index is 0.0721. The molecule has 2 aromatic rings. The first-order valence-corrected chi connectivity index (χ1v) is 11.7. The van der Waals surface area contributed by atoms with Gasteiger partial charge in [-0.05, 0) is 60.5 Å². The Bertz CT molecular complexity index is 940. The molecule has 4 rings (SSSR count). The summed E-state index contributed by atoms with van der Waals surface area (Å²) in [4.78, 5) is 16.5. The minimum Gasteiger partial charge on any atom is -0.338 e. The molecular weight excluding hydrogens is 404 g/mol. The molecule has 0 bridgehead atoms. The summed E-state index contributed by atoms with van der Waals surface area (Å²) in [6.45, 7) is 2.05. The van der Waals surface area contributed by atoms with E-state index in [4.69, 9.17) is 11.6 Å². The average molecular weight is 425 g/mol. The number of fused-ring (bicyclic) bond motifs is 1. The molecule has 1 atom stereocenters. The van der Waals surface area contributed by atoms with Gasteiger partial charge in [0.25, 0.3) is 0 Å². The summed E-state index contributed by atoms with van der Waals surface area (Å²) < 4.78 is 27.3. The van der Waals surface area contributed by atoms with Crippen molar-refractivity contribution >= 4 is 38.9 Å². The smallest absolute Gasteiger partial charge is 0.243 e.